The molecule has 5 heteroatoms. The number of aromatic nitrogens is 3. The van der Waals surface area contributed by atoms with E-state index in [0.717, 1.165) is 38.2 Å². The normalized spacial score (nSPS) is 11.1. The van der Waals surface area contributed by atoms with E-state index in [0.29, 0.717) is 6.54 Å². The molecule has 0 atom stereocenters. The van der Waals surface area contributed by atoms with Gasteiger partial charge in [0.25, 0.3) is 0 Å². The van der Waals surface area contributed by atoms with E-state index in [1.54, 1.807) is 6.20 Å². The summed E-state index contributed by atoms with van der Waals surface area (Å²) in [6.45, 7) is 2.54. The van der Waals surface area contributed by atoms with Crippen molar-refractivity contribution in [1.82, 2.24) is 15.0 Å². The SMILES string of the molecule is Cc1cc(Br)cc2[nH]c(-c3ccc(CN)cn3)nc12. The van der Waals surface area contributed by atoms with Gasteiger partial charge < -0.3 is 10.7 Å². The third kappa shape index (κ3) is 2.27. The van der Waals surface area contributed by atoms with Crippen molar-refractivity contribution >= 4 is 27.0 Å². The molecule has 0 aliphatic rings. The smallest absolute Gasteiger partial charge is 0.157 e. The van der Waals surface area contributed by atoms with Crippen LogP contribution in [0.4, 0.5) is 0 Å². The molecule has 0 spiro atoms. The fraction of sp³-hybridized carbons (Fsp3) is 0.143. The van der Waals surface area contributed by atoms with Gasteiger partial charge in [0.1, 0.15) is 5.69 Å². The minimum Gasteiger partial charge on any atom is -0.337 e. The largest absolute Gasteiger partial charge is 0.337 e. The highest BCUT2D eigenvalue weighted by atomic mass is 79.9. The highest BCUT2D eigenvalue weighted by molar-refractivity contribution is 9.10. The molecule has 0 unspecified atom stereocenters. The number of nitrogens with two attached hydrogens (primary N) is 1. The fourth-order valence-corrected chi connectivity index (χ4v) is 2.63. The van der Waals surface area contributed by atoms with Crippen molar-refractivity contribution in [2.75, 3.05) is 0 Å². The van der Waals surface area contributed by atoms with E-state index in [9.17, 15) is 0 Å². The standard InChI is InChI=1S/C14H13BrN4/c1-8-4-10(15)5-12-13(8)19-14(18-12)11-3-2-9(6-16)7-17-11/h2-5,7H,6,16H2,1H3,(H,18,19). The van der Waals surface area contributed by atoms with E-state index < -0.39 is 0 Å². The number of imidazole rings is 1. The van der Waals surface area contributed by atoms with Gasteiger partial charge in [-0.1, -0.05) is 22.0 Å². The zero-order chi connectivity index (χ0) is 13.4. The first-order chi connectivity index (χ1) is 9.17. The van der Waals surface area contributed by atoms with Gasteiger partial charge in [-0.2, -0.15) is 0 Å². The maximum atomic E-state index is 5.57. The van der Waals surface area contributed by atoms with Gasteiger partial charge in [-0.3, -0.25) is 4.98 Å². The highest BCUT2D eigenvalue weighted by Gasteiger charge is 2.09. The van der Waals surface area contributed by atoms with Crippen LogP contribution in [0.3, 0.4) is 0 Å². The lowest BCUT2D eigenvalue weighted by atomic mass is 10.2. The lowest BCUT2D eigenvalue weighted by Crippen LogP contribution is -1.97. The summed E-state index contributed by atoms with van der Waals surface area (Å²) < 4.78 is 1.04. The molecule has 2 heterocycles. The average Bonchev–Trinajstić information content (AvgIpc) is 2.83. The van der Waals surface area contributed by atoms with Crippen LogP contribution in [-0.2, 0) is 6.54 Å². The fourth-order valence-electron chi connectivity index (χ4n) is 2.05. The molecule has 0 fully saturated rings. The monoisotopic (exact) mass is 316 g/mol. The highest BCUT2D eigenvalue weighted by Crippen LogP contribution is 2.25. The maximum absolute atomic E-state index is 5.57. The molecule has 3 rings (SSSR count). The summed E-state index contributed by atoms with van der Waals surface area (Å²) in [6.07, 6.45) is 1.78. The van der Waals surface area contributed by atoms with Crippen LogP contribution in [0.15, 0.2) is 34.9 Å². The number of H-pyrrole nitrogens is 1. The van der Waals surface area contributed by atoms with Crippen LogP contribution in [0.2, 0.25) is 0 Å². The molecule has 0 bridgehead atoms. The van der Waals surface area contributed by atoms with Crippen molar-refractivity contribution in [3.63, 3.8) is 0 Å². The van der Waals surface area contributed by atoms with Crippen LogP contribution in [0.5, 0.6) is 0 Å². The molecule has 3 N–H and O–H groups in total. The summed E-state index contributed by atoms with van der Waals surface area (Å²) in [5.41, 5.74) is 10.5. The molecule has 96 valence electrons. The number of pyridine rings is 1. The molecule has 0 saturated carbocycles. The van der Waals surface area contributed by atoms with E-state index in [2.05, 4.69) is 36.9 Å². The summed E-state index contributed by atoms with van der Waals surface area (Å²) in [6, 6.07) is 7.98. The molecular weight excluding hydrogens is 304 g/mol. The first-order valence-corrected chi connectivity index (χ1v) is 6.78. The van der Waals surface area contributed by atoms with Gasteiger partial charge in [0.2, 0.25) is 0 Å². The molecule has 2 aromatic heterocycles. The molecule has 0 aliphatic heterocycles. The Labute approximate surface area is 119 Å². The predicted octanol–water partition coefficient (Wildman–Crippen LogP) is 3.15. The number of aryl methyl sites for hydroxylation is 1. The Morgan fingerprint density at radius 3 is 2.84 bits per heavy atom. The predicted molar refractivity (Wildman–Crippen MR) is 79.7 cm³/mol. The Hall–Kier alpha value is -1.72. The summed E-state index contributed by atoms with van der Waals surface area (Å²) in [5, 5.41) is 0. The Bertz CT molecular complexity index is 731. The molecule has 0 radical (unpaired) electrons. The quantitative estimate of drug-likeness (QED) is 0.763. The molecule has 0 aliphatic carbocycles. The van der Waals surface area contributed by atoms with E-state index in [-0.39, 0.29) is 0 Å². The lowest BCUT2D eigenvalue weighted by molar-refractivity contribution is 1.05. The number of hydrogen-bond acceptors (Lipinski definition) is 3. The molecule has 19 heavy (non-hydrogen) atoms. The maximum Gasteiger partial charge on any atom is 0.157 e. The molecule has 0 saturated heterocycles. The average molecular weight is 317 g/mol. The second kappa shape index (κ2) is 4.75. The Morgan fingerprint density at radius 2 is 2.16 bits per heavy atom. The molecule has 4 nitrogen and oxygen atoms in total. The van der Waals surface area contributed by atoms with Crippen molar-refractivity contribution in [3.8, 4) is 11.5 Å². The van der Waals surface area contributed by atoms with Crippen molar-refractivity contribution in [1.29, 1.82) is 0 Å². The van der Waals surface area contributed by atoms with Crippen molar-refractivity contribution < 1.29 is 0 Å². The number of nitrogens with one attached hydrogen (secondary N) is 1. The van der Waals surface area contributed by atoms with Gasteiger partial charge >= 0.3 is 0 Å². The number of rotatable bonds is 2. The van der Waals surface area contributed by atoms with Gasteiger partial charge in [-0.25, -0.2) is 4.98 Å². The van der Waals surface area contributed by atoms with Crippen LogP contribution < -0.4 is 5.73 Å². The summed E-state index contributed by atoms with van der Waals surface area (Å²) in [7, 11) is 0. The van der Waals surface area contributed by atoms with Crippen LogP contribution >= 0.6 is 15.9 Å². The number of aromatic amines is 1. The van der Waals surface area contributed by atoms with Crippen LogP contribution in [0, 0.1) is 6.92 Å². The minimum absolute atomic E-state index is 0.499. The van der Waals surface area contributed by atoms with E-state index in [4.69, 9.17) is 5.73 Å². The van der Waals surface area contributed by atoms with Crippen molar-refractivity contribution in [2.45, 2.75) is 13.5 Å². The van der Waals surface area contributed by atoms with Gasteiger partial charge in [0, 0.05) is 17.2 Å². The first kappa shape index (κ1) is 12.3. The van der Waals surface area contributed by atoms with Crippen LogP contribution in [0.1, 0.15) is 11.1 Å². The second-order valence-electron chi connectivity index (χ2n) is 4.46. The molecule has 1 aromatic carbocycles. The number of hydrogen-bond donors (Lipinski definition) is 2. The molecule has 3 aromatic rings. The summed E-state index contributed by atoms with van der Waals surface area (Å²) in [5.74, 6) is 0.778. The Morgan fingerprint density at radius 1 is 1.32 bits per heavy atom. The first-order valence-electron chi connectivity index (χ1n) is 5.98. The minimum atomic E-state index is 0.499. The molecular formula is C14H13BrN4. The van der Waals surface area contributed by atoms with Gasteiger partial charge in [0.05, 0.1) is 11.0 Å². The summed E-state index contributed by atoms with van der Waals surface area (Å²) in [4.78, 5) is 12.3. The number of nitrogens with zero attached hydrogens (tertiary/aromatic N) is 2. The van der Waals surface area contributed by atoms with Gasteiger partial charge in [-0.05, 0) is 36.2 Å². The Kier molecular flexibility index (Phi) is 3.08. The van der Waals surface area contributed by atoms with Gasteiger partial charge in [-0.15, -0.1) is 0 Å². The third-order valence-electron chi connectivity index (χ3n) is 3.04. The summed E-state index contributed by atoms with van der Waals surface area (Å²) >= 11 is 3.49. The van der Waals surface area contributed by atoms with Crippen molar-refractivity contribution in [2.24, 2.45) is 5.73 Å². The number of halogens is 1. The van der Waals surface area contributed by atoms with E-state index >= 15 is 0 Å². The lowest BCUT2D eigenvalue weighted by Gasteiger charge is -1.97. The topological polar surface area (TPSA) is 67.6 Å². The molecule has 0 amide bonds. The zero-order valence-corrected chi connectivity index (χ0v) is 12.0. The van der Waals surface area contributed by atoms with Crippen LogP contribution in [-0.4, -0.2) is 15.0 Å². The second-order valence-corrected chi connectivity index (χ2v) is 5.38. The van der Waals surface area contributed by atoms with Gasteiger partial charge in [0.15, 0.2) is 5.82 Å². The van der Waals surface area contributed by atoms with Crippen molar-refractivity contribution in [3.05, 3.63) is 46.1 Å². The third-order valence-corrected chi connectivity index (χ3v) is 3.50. The Balaban J connectivity index is 2.12. The number of fused-ring (bicyclic) bond motifs is 1. The zero-order valence-electron chi connectivity index (χ0n) is 10.4. The van der Waals surface area contributed by atoms with Crippen LogP contribution in [0.25, 0.3) is 22.6 Å². The van der Waals surface area contributed by atoms with E-state index in [1.807, 2.05) is 25.1 Å². The number of benzene rings is 1. The van der Waals surface area contributed by atoms with E-state index in [1.165, 1.54) is 0 Å².